The van der Waals surface area contributed by atoms with Crippen molar-refractivity contribution in [2.24, 2.45) is 0 Å². The van der Waals surface area contributed by atoms with Gasteiger partial charge in [0.2, 0.25) is 0 Å². The number of hydrogen-bond acceptors (Lipinski definition) is 6. The largest absolute Gasteiger partial charge is 0.389 e. The van der Waals surface area contributed by atoms with Crippen LogP contribution in [0.25, 0.3) is 21.3 Å². The van der Waals surface area contributed by atoms with Crippen LogP contribution < -0.4 is 11.1 Å². The fraction of sp³-hybridized carbons (Fsp3) is 0.125. The lowest BCUT2D eigenvalue weighted by Crippen LogP contribution is -2.41. The summed E-state index contributed by atoms with van der Waals surface area (Å²) >= 11 is 1.45. The Balaban J connectivity index is 1.22. The highest BCUT2D eigenvalue weighted by Gasteiger charge is 2.31. The van der Waals surface area contributed by atoms with E-state index >= 15 is 0 Å². The molecule has 154 valence electrons. The smallest absolute Gasteiger partial charge is 0.261 e. The second kappa shape index (κ2) is 7.85. The third kappa shape index (κ3) is 3.53. The molecule has 0 saturated heterocycles. The van der Waals surface area contributed by atoms with Crippen molar-refractivity contribution in [1.29, 1.82) is 0 Å². The molecule has 2 amide bonds. The van der Waals surface area contributed by atoms with E-state index in [-0.39, 0.29) is 11.8 Å². The summed E-state index contributed by atoms with van der Waals surface area (Å²) in [5, 5.41) is 6.61. The number of nitrogens with two attached hydrogens (primary N) is 1. The van der Waals surface area contributed by atoms with Crippen LogP contribution in [0.1, 0.15) is 27.1 Å². The van der Waals surface area contributed by atoms with Gasteiger partial charge in [-0.15, -0.1) is 0 Å². The minimum Gasteiger partial charge on any atom is -0.389 e. The number of nitrogens with zero attached hydrogens (tertiary/aromatic N) is 2. The zero-order valence-electron chi connectivity index (χ0n) is 16.7. The average Bonchev–Trinajstić information content (AvgIpc) is 3.23. The topological polar surface area (TPSA) is 88.3 Å². The number of carbonyl (C=O) groups excluding carboxylic acids is 2. The molecule has 0 atom stereocenters. The zero-order chi connectivity index (χ0) is 21.4. The highest BCUT2D eigenvalue weighted by Crippen LogP contribution is 2.30. The second-order valence-electron chi connectivity index (χ2n) is 7.40. The van der Waals surface area contributed by atoms with Crippen LogP contribution >= 0.6 is 11.3 Å². The summed E-state index contributed by atoms with van der Waals surface area (Å²) in [5.41, 5.74) is 8.93. The molecule has 2 heterocycles. The molecule has 0 saturated carbocycles. The third-order valence-electron chi connectivity index (χ3n) is 5.40. The van der Waals surface area contributed by atoms with Crippen molar-refractivity contribution in [2.45, 2.75) is 6.42 Å². The number of imide groups is 1. The van der Waals surface area contributed by atoms with Gasteiger partial charge < -0.3 is 11.1 Å². The first kappa shape index (κ1) is 19.3. The van der Waals surface area contributed by atoms with Crippen LogP contribution in [0.2, 0.25) is 0 Å². The van der Waals surface area contributed by atoms with Gasteiger partial charge in [0.1, 0.15) is 10.0 Å². The molecule has 31 heavy (non-hydrogen) atoms. The number of thiazole rings is 1. The third-order valence-corrected chi connectivity index (χ3v) is 6.27. The monoisotopic (exact) mass is 428 g/mol. The lowest BCUT2D eigenvalue weighted by Gasteiger charge is -2.27. The molecule has 0 spiro atoms. The zero-order valence-corrected chi connectivity index (χ0v) is 17.5. The summed E-state index contributed by atoms with van der Waals surface area (Å²) in [6.45, 7) is 1.01. The summed E-state index contributed by atoms with van der Waals surface area (Å²) in [5.74, 6) is -0.442. The van der Waals surface area contributed by atoms with Gasteiger partial charge in [-0.2, -0.15) is 0 Å². The van der Waals surface area contributed by atoms with Crippen LogP contribution in [0.3, 0.4) is 0 Å². The van der Waals surface area contributed by atoms with Gasteiger partial charge in [-0.25, -0.2) is 4.98 Å². The Morgan fingerprint density at radius 1 is 0.935 bits per heavy atom. The number of benzene rings is 3. The predicted octanol–water partition coefficient (Wildman–Crippen LogP) is 4.64. The molecule has 4 aromatic rings. The van der Waals surface area contributed by atoms with Crippen molar-refractivity contribution in [1.82, 2.24) is 9.88 Å². The molecule has 3 N–H and O–H groups in total. The van der Waals surface area contributed by atoms with E-state index in [4.69, 9.17) is 5.73 Å². The Morgan fingerprint density at radius 2 is 1.61 bits per heavy atom. The number of nitrogen functional groups attached to an aromatic ring is 1. The Labute approximate surface area is 183 Å². The molecule has 6 nitrogen and oxygen atoms in total. The normalized spacial score (nSPS) is 13.1. The molecular weight excluding hydrogens is 408 g/mol. The Kier molecular flexibility index (Phi) is 4.88. The van der Waals surface area contributed by atoms with Crippen molar-refractivity contribution >= 4 is 44.6 Å². The summed E-state index contributed by atoms with van der Waals surface area (Å²) in [6.07, 6.45) is 2.31. The first-order chi connectivity index (χ1) is 15.1. The SMILES string of the molecule is Nc1cnc(-c2ccc(NCCCN3C(=O)c4cccc5cccc(c45)C3=O)cc2)s1. The van der Waals surface area contributed by atoms with E-state index in [1.54, 1.807) is 18.3 Å². The van der Waals surface area contributed by atoms with Gasteiger partial charge in [-0.3, -0.25) is 14.5 Å². The standard InChI is InChI=1S/C24H20N4O2S/c25-20-14-27-22(31-20)16-8-10-17(11-9-16)26-12-3-13-28-23(29)18-6-1-4-15-5-2-7-19(21(15)18)24(28)30/h1-2,4-11,14,26H,3,12-13,25H2. The molecule has 0 aliphatic carbocycles. The highest BCUT2D eigenvalue weighted by atomic mass is 32.1. The van der Waals surface area contributed by atoms with Gasteiger partial charge in [-0.05, 0) is 48.2 Å². The first-order valence-electron chi connectivity index (χ1n) is 10.1. The van der Waals surface area contributed by atoms with Crippen molar-refractivity contribution in [3.8, 4) is 10.6 Å². The van der Waals surface area contributed by atoms with E-state index in [0.717, 1.165) is 27.0 Å². The van der Waals surface area contributed by atoms with Crippen LogP contribution in [0, 0.1) is 0 Å². The molecule has 0 unspecified atom stereocenters. The van der Waals surface area contributed by atoms with Crippen molar-refractivity contribution < 1.29 is 9.59 Å². The highest BCUT2D eigenvalue weighted by molar-refractivity contribution is 7.18. The van der Waals surface area contributed by atoms with E-state index < -0.39 is 0 Å². The molecule has 1 aliphatic heterocycles. The van der Waals surface area contributed by atoms with Gasteiger partial charge in [0.05, 0.1) is 6.20 Å². The number of hydrogen-bond donors (Lipinski definition) is 2. The number of nitrogens with one attached hydrogen (secondary N) is 1. The molecule has 1 aromatic heterocycles. The van der Waals surface area contributed by atoms with Crippen LogP contribution in [0.15, 0.2) is 66.9 Å². The minimum atomic E-state index is -0.221. The fourth-order valence-corrected chi connectivity index (χ4v) is 4.59. The number of anilines is 2. The van der Waals surface area contributed by atoms with Crippen LogP contribution in [-0.2, 0) is 0 Å². The summed E-state index contributed by atoms with van der Waals surface area (Å²) < 4.78 is 0. The molecule has 3 aromatic carbocycles. The van der Waals surface area contributed by atoms with Gasteiger partial charge in [-0.1, -0.05) is 35.6 Å². The molecule has 7 heteroatoms. The molecule has 0 radical (unpaired) electrons. The number of aromatic nitrogens is 1. The van der Waals surface area contributed by atoms with Crippen LogP contribution in [0.4, 0.5) is 10.7 Å². The summed E-state index contributed by atoms with van der Waals surface area (Å²) in [4.78, 5) is 31.5. The van der Waals surface area contributed by atoms with E-state index in [1.807, 2.05) is 48.5 Å². The van der Waals surface area contributed by atoms with Gasteiger partial charge >= 0.3 is 0 Å². The van der Waals surface area contributed by atoms with Gasteiger partial charge in [0.25, 0.3) is 11.8 Å². The molecule has 1 aliphatic rings. The summed E-state index contributed by atoms with van der Waals surface area (Å²) in [6, 6.07) is 19.1. The Hall–Kier alpha value is -3.71. The summed E-state index contributed by atoms with van der Waals surface area (Å²) in [7, 11) is 0. The Morgan fingerprint density at radius 3 is 2.23 bits per heavy atom. The predicted molar refractivity (Wildman–Crippen MR) is 124 cm³/mol. The Bertz CT molecular complexity index is 1250. The maximum Gasteiger partial charge on any atom is 0.261 e. The van der Waals surface area contributed by atoms with E-state index in [1.165, 1.54) is 16.2 Å². The molecule has 0 bridgehead atoms. The maximum atomic E-state index is 12.9. The fourth-order valence-electron chi connectivity index (χ4n) is 3.90. The van der Waals surface area contributed by atoms with Crippen LogP contribution in [0.5, 0.6) is 0 Å². The quantitative estimate of drug-likeness (QED) is 0.345. The van der Waals surface area contributed by atoms with Crippen molar-refractivity contribution in [3.63, 3.8) is 0 Å². The second-order valence-corrected chi connectivity index (χ2v) is 8.46. The van der Waals surface area contributed by atoms with E-state index in [0.29, 0.717) is 35.6 Å². The maximum absolute atomic E-state index is 12.9. The van der Waals surface area contributed by atoms with Gasteiger partial charge in [0.15, 0.2) is 0 Å². The first-order valence-corrected chi connectivity index (χ1v) is 10.9. The number of amides is 2. The molecule has 5 rings (SSSR count). The van der Waals surface area contributed by atoms with Crippen molar-refractivity contribution in [3.05, 3.63) is 78.0 Å². The lowest BCUT2D eigenvalue weighted by molar-refractivity contribution is 0.0610. The number of carbonyl (C=O) groups is 2. The number of rotatable bonds is 6. The molecular formula is C24H20N4O2S. The minimum absolute atomic E-state index is 0.221. The average molecular weight is 429 g/mol. The molecule has 0 fully saturated rings. The lowest BCUT2D eigenvalue weighted by atomic mass is 9.94. The van der Waals surface area contributed by atoms with E-state index in [9.17, 15) is 9.59 Å². The van der Waals surface area contributed by atoms with E-state index in [2.05, 4.69) is 10.3 Å². The van der Waals surface area contributed by atoms with Gasteiger partial charge in [0, 0.05) is 40.9 Å². The van der Waals surface area contributed by atoms with Crippen molar-refractivity contribution in [2.75, 3.05) is 24.1 Å². The van der Waals surface area contributed by atoms with Crippen LogP contribution in [-0.4, -0.2) is 34.8 Å².